The molecule has 1 aromatic heterocycles. The molecule has 1 aliphatic rings. The minimum absolute atomic E-state index is 0.0201. The molecule has 41 heavy (non-hydrogen) atoms. The van der Waals surface area contributed by atoms with Gasteiger partial charge in [-0.3, -0.25) is 14.5 Å². The Hall–Kier alpha value is -4.27. The van der Waals surface area contributed by atoms with Crippen molar-refractivity contribution < 1.29 is 31.9 Å². The Bertz CT molecular complexity index is 1710. The highest BCUT2D eigenvalue weighted by Gasteiger charge is 2.44. The first kappa shape index (κ1) is 28.3. The first-order valence-corrected chi connectivity index (χ1v) is 13.3. The summed E-state index contributed by atoms with van der Waals surface area (Å²) >= 11 is 0. The molecule has 0 bridgehead atoms. The number of fused-ring (bicyclic) bond motifs is 2. The average Bonchev–Trinajstić information content (AvgIpc) is 3.21. The van der Waals surface area contributed by atoms with Crippen molar-refractivity contribution in [1.29, 1.82) is 0 Å². The highest BCUT2D eigenvalue weighted by atomic mass is 19.4. The van der Waals surface area contributed by atoms with Crippen LogP contribution >= 0.6 is 0 Å². The lowest BCUT2D eigenvalue weighted by Gasteiger charge is -2.26. The Morgan fingerprint density at radius 1 is 0.976 bits per heavy atom. The molecule has 0 fully saturated rings. The van der Waals surface area contributed by atoms with Gasteiger partial charge in [0.25, 0.3) is 5.91 Å². The Morgan fingerprint density at radius 2 is 1.71 bits per heavy atom. The molecule has 2 heterocycles. The first-order valence-electron chi connectivity index (χ1n) is 13.3. The van der Waals surface area contributed by atoms with Gasteiger partial charge in [-0.1, -0.05) is 26.0 Å². The average molecular weight is 566 g/mol. The number of rotatable bonds is 7. The molecule has 214 valence electrons. The van der Waals surface area contributed by atoms with Crippen LogP contribution in [0.2, 0.25) is 0 Å². The largest absolute Gasteiger partial charge is 0.493 e. The van der Waals surface area contributed by atoms with Gasteiger partial charge in [0.15, 0.2) is 16.9 Å². The summed E-state index contributed by atoms with van der Waals surface area (Å²) < 4.78 is 58.5. The van der Waals surface area contributed by atoms with Gasteiger partial charge in [0, 0.05) is 5.69 Å². The molecule has 6 nitrogen and oxygen atoms in total. The molecule has 1 aliphatic heterocycles. The van der Waals surface area contributed by atoms with Gasteiger partial charge < -0.3 is 13.9 Å². The highest BCUT2D eigenvalue weighted by molar-refractivity contribution is 6.10. The van der Waals surface area contributed by atoms with Crippen molar-refractivity contribution in [1.82, 2.24) is 0 Å². The fourth-order valence-corrected chi connectivity index (χ4v) is 5.02. The van der Waals surface area contributed by atoms with E-state index in [1.54, 1.807) is 30.3 Å². The second kappa shape index (κ2) is 10.6. The number of carbonyl (C=O) groups is 1. The number of nitrogens with zero attached hydrogens (tertiary/aromatic N) is 1. The Labute approximate surface area is 235 Å². The van der Waals surface area contributed by atoms with Crippen molar-refractivity contribution in [2.24, 2.45) is 5.92 Å². The minimum Gasteiger partial charge on any atom is -0.493 e. The van der Waals surface area contributed by atoms with Gasteiger partial charge in [-0.05, 0) is 85.3 Å². The summed E-state index contributed by atoms with van der Waals surface area (Å²) in [6.45, 7) is 8.35. The van der Waals surface area contributed by atoms with E-state index in [0.29, 0.717) is 29.6 Å². The predicted octanol–water partition coefficient (Wildman–Crippen LogP) is 7.61. The normalized spacial score (nSPS) is 15.1. The maximum absolute atomic E-state index is 14.0. The molecule has 1 amide bonds. The van der Waals surface area contributed by atoms with Gasteiger partial charge in [0.1, 0.15) is 5.58 Å². The third-order valence-corrected chi connectivity index (χ3v) is 7.39. The number of amides is 1. The van der Waals surface area contributed by atoms with Gasteiger partial charge in [-0.25, -0.2) is 0 Å². The van der Waals surface area contributed by atoms with E-state index >= 15 is 0 Å². The van der Waals surface area contributed by atoms with Crippen LogP contribution in [0.3, 0.4) is 0 Å². The zero-order valence-corrected chi connectivity index (χ0v) is 23.4. The number of halogens is 3. The highest BCUT2D eigenvalue weighted by Crippen LogP contribution is 2.44. The number of benzene rings is 3. The topological polar surface area (TPSA) is 69.0 Å². The number of hydrogen-bond donors (Lipinski definition) is 0. The zero-order chi connectivity index (χ0) is 29.6. The van der Waals surface area contributed by atoms with Crippen molar-refractivity contribution >= 4 is 22.6 Å². The molecule has 0 N–H and O–H groups in total. The Balaban J connectivity index is 1.72. The van der Waals surface area contributed by atoms with E-state index in [0.717, 1.165) is 29.7 Å². The van der Waals surface area contributed by atoms with Crippen LogP contribution < -0.4 is 19.8 Å². The number of alkyl halides is 3. The van der Waals surface area contributed by atoms with Crippen LogP contribution in [0, 0.1) is 19.8 Å². The molecule has 0 saturated heterocycles. The Morgan fingerprint density at radius 3 is 2.39 bits per heavy atom. The molecule has 1 unspecified atom stereocenters. The number of aryl methyl sites for hydroxylation is 2. The number of methoxy groups -OCH3 is 1. The van der Waals surface area contributed by atoms with Crippen LogP contribution in [0.1, 0.15) is 64.7 Å². The molecule has 0 radical (unpaired) electrons. The van der Waals surface area contributed by atoms with Crippen LogP contribution in [0.5, 0.6) is 11.5 Å². The van der Waals surface area contributed by atoms with E-state index < -0.39 is 29.1 Å². The number of anilines is 1. The fraction of sp³-hybridized carbons (Fsp3) is 0.312. The second-order valence-electron chi connectivity index (χ2n) is 10.7. The van der Waals surface area contributed by atoms with Crippen molar-refractivity contribution in [2.75, 3.05) is 18.6 Å². The van der Waals surface area contributed by atoms with Gasteiger partial charge in [0.2, 0.25) is 5.76 Å². The predicted molar refractivity (Wildman–Crippen MR) is 150 cm³/mol. The molecule has 0 aliphatic carbocycles. The summed E-state index contributed by atoms with van der Waals surface area (Å²) in [5.41, 5.74) is 1.12. The second-order valence-corrected chi connectivity index (χ2v) is 10.7. The Kier molecular flexibility index (Phi) is 7.32. The number of ether oxygens (including phenoxy) is 2. The molecule has 0 spiro atoms. The lowest BCUT2D eigenvalue weighted by atomic mass is 9.96. The lowest BCUT2D eigenvalue weighted by molar-refractivity contribution is -0.137. The quantitative estimate of drug-likeness (QED) is 0.231. The molecular formula is C32H30F3NO5. The smallest absolute Gasteiger partial charge is 0.416 e. The van der Waals surface area contributed by atoms with Crippen LogP contribution in [0.4, 0.5) is 18.9 Å². The molecule has 1 atom stereocenters. The summed E-state index contributed by atoms with van der Waals surface area (Å²) in [5.74, 6) is 0.363. The number of carbonyl (C=O) groups excluding carboxylic acids is 1. The van der Waals surface area contributed by atoms with E-state index in [9.17, 15) is 22.8 Å². The van der Waals surface area contributed by atoms with E-state index in [1.165, 1.54) is 24.1 Å². The first-order chi connectivity index (χ1) is 19.4. The monoisotopic (exact) mass is 565 g/mol. The molecule has 9 heteroatoms. The van der Waals surface area contributed by atoms with Gasteiger partial charge in [-0.15, -0.1) is 0 Å². The third-order valence-electron chi connectivity index (χ3n) is 7.39. The summed E-state index contributed by atoms with van der Waals surface area (Å²) in [6.07, 6.45) is -3.80. The van der Waals surface area contributed by atoms with E-state index in [-0.39, 0.29) is 28.0 Å². The zero-order valence-electron chi connectivity index (χ0n) is 23.4. The summed E-state index contributed by atoms with van der Waals surface area (Å²) in [4.78, 5) is 29.0. The van der Waals surface area contributed by atoms with Crippen molar-refractivity contribution in [3.63, 3.8) is 0 Å². The minimum atomic E-state index is -4.63. The molecule has 4 aromatic rings. The van der Waals surface area contributed by atoms with Crippen molar-refractivity contribution in [3.05, 3.63) is 98.4 Å². The van der Waals surface area contributed by atoms with E-state index in [1.807, 2.05) is 13.8 Å². The van der Waals surface area contributed by atoms with Crippen LogP contribution in [-0.2, 0) is 6.18 Å². The van der Waals surface area contributed by atoms with E-state index in [2.05, 4.69) is 13.8 Å². The van der Waals surface area contributed by atoms with Crippen LogP contribution in [0.25, 0.3) is 11.0 Å². The van der Waals surface area contributed by atoms with Crippen LogP contribution in [0.15, 0.2) is 63.8 Å². The van der Waals surface area contributed by atoms with Gasteiger partial charge in [0.05, 0.1) is 36.3 Å². The maximum Gasteiger partial charge on any atom is 0.416 e. The standard InChI is InChI=1S/C32H30F3NO5/c1-17(2)11-12-40-24-10-9-20(15-26(24)39-5)28-27-29(37)23-13-18(3)19(4)14-25(23)41-30(27)31(38)36(28)22-8-6-7-21(16-22)32(33,34)35/h6-10,13-17,28H,11-12H2,1-5H3. The SMILES string of the molecule is COc1cc(C2c3c(oc4cc(C)c(C)cc4c3=O)C(=O)N2c2cccc(C(F)(F)F)c2)ccc1OCCC(C)C. The molecule has 3 aromatic carbocycles. The molecular weight excluding hydrogens is 535 g/mol. The maximum atomic E-state index is 14.0. The molecule has 0 saturated carbocycles. The third kappa shape index (κ3) is 5.16. The summed E-state index contributed by atoms with van der Waals surface area (Å²) in [6, 6.07) is 11.8. The van der Waals surface area contributed by atoms with Crippen LogP contribution in [-0.4, -0.2) is 19.6 Å². The van der Waals surface area contributed by atoms with Crippen molar-refractivity contribution in [2.45, 2.75) is 46.3 Å². The summed E-state index contributed by atoms with van der Waals surface area (Å²) in [7, 11) is 1.47. The lowest BCUT2D eigenvalue weighted by Crippen LogP contribution is -2.29. The van der Waals surface area contributed by atoms with Gasteiger partial charge in [-0.2, -0.15) is 13.2 Å². The fourth-order valence-electron chi connectivity index (χ4n) is 5.02. The van der Waals surface area contributed by atoms with Crippen molar-refractivity contribution in [3.8, 4) is 11.5 Å². The van der Waals surface area contributed by atoms with E-state index in [4.69, 9.17) is 13.9 Å². The van der Waals surface area contributed by atoms with Gasteiger partial charge >= 0.3 is 6.18 Å². The number of hydrogen-bond acceptors (Lipinski definition) is 5. The molecule has 5 rings (SSSR count). The summed E-state index contributed by atoms with van der Waals surface area (Å²) in [5, 5.41) is 0.288.